The summed E-state index contributed by atoms with van der Waals surface area (Å²) >= 11 is 5.94. The Morgan fingerprint density at radius 3 is 2.82 bits per heavy atom. The van der Waals surface area contributed by atoms with E-state index in [1.807, 2.05) is 32.9 Å². The third-order valence-corrected chi connectivity index (χ3v) is 3.32. The highest BCUT2D eigenvalue weighted by molar-refractivity contribution is 6.30. The molecule has 2 N–H and O–H groups in total. The minimum Gasteiger partial charge on any atom is -0.361 e. The van der Waals surface area contributed by atoms with Crippen LogP contribution in [0.3, 0.4) is 0 Å². The highest BCUT2D eigenvalue weighted by atomic mass is 35.5. The van der Waals surface area contributed by atoms with Gasteiger partial charge in [-0.2, -0.15) is 0 Å². The van der Waals surface area contributed by atoms with Crippen molar-refractivity contribution in [3.63, 3.8) is 0 Å². The van der Waals surface area contributed by atoms with Gasteiger partial charge in [-0.05, 0) is 32.9 Å². The zero-order chi connectivity index (χ0) is 12.7. The summed E-state index contributed by atoms with van der Waals surface area (Å²) in [6.45, 7) is 6.43. The van der Waals surface area contributed by atoms with Gasteiger partial charge in [0.25, 0.3) is 0 Å². The van der Waals surface area contributed by atoms with E-state index in [1.54, 1.807) is 12.1 Å². The lowest BCUT2D eigenvalue weighted by Gasteiger charge is -2.46. The van der Waals surface area contributed by atoms with Crippen molar-refractivity contribution >= 4 is 11.6 Å². The zero-order valence-electron chi connectivity index (χ0n) is 10.3. The topological polar surface area (TPSA) is 41.5 Å². The monoisotopic (exact) mass is 257 g/mol. The molecule has 2 rings (SSSR count). The number of benzene rings is 1. The van der Waals surface area contributed by atoms with E-state index in [1.165, 1.54) is 0 Å². The fourth-order valence-electron chi connectivity index (χ4n) is 2.19. The first-order chi connectivity index (χ1) is 7.83. The summed E-state index contributed by atoms with van der Waals surface area (Å²) in [5.74, 6) is -1.32. The van der Waals surface area contributed by atoms with Gasteiger partial charge in [0, 0.05) is 17.6 Å². The SMILES string of the molecule is C[C@H]1NC(C)(C)CO[C@]1(O)c1cccc(Cl)c1.[HH]. The minimum absolute atomic E-state index is 0. The van der Waals surface area contributed by atoms with Crippen LogP contribution in [0.4, 0.5) is 0 Å². The first-order valence-electron chi connectivity index (χ1n) is 5.74. The molecule has 1 saturated heterocycles. The fourth-order valence-corrected chi connectivity index (χ4v) is 2.38. The summed E-state index contributed by atoms with van der Waals surface area (Å²) in [7, 11) is 0. The number of ether oxygens (including phenoxy) is 1. The standard InChI is InChI=1S/C13H18ClNO2.H2/c1-9-13(16,17-8-12(2,3)15-9)10-5-4-6-11(14)7-10;/h4-7,9,15-16H,8H2,1-3H3;1H/t9-,13+;/m1./s1. The van der Waals surface area contributed by atoms with Crippen LogP contribution in [0, 0.1) is 0 Å². The maximum Gasteiger partial charge on any atom is 0.208 e. The van der Waals surface area contributed by atoms with E-state index >= 15 is 0 Å². The quantitative estimate of drug-likeness (QED) is 0.812. The Balaban J connectivity index is 0.00000162. The average molecular weight is 258 g/mol. The van der Waals surface area contributed by atoms with E-state index in [-0.39, 0.29) is 13.0 Å². The normalized spacial score (nSPS) is 32.4. The van der Waals surface area contributed by atoms with Crippen LogP contribution in [-0.2, 0) is 10.5 Å². The van der Waals surface area contributed by atoms with Gasteiger partial charge in [-0.1, -0.05) is 23.7 Å². The van der Waals surface area contributed by atoms with Crippen LogP contribution in [-0.4, -0.2) is 23.3 Å². The molecule has 0 spiro atoms. The molecule has 96 valence electrons. The molecule has 0 unspecified atom stereocenters. The first kappa shape index (κ1) is 12.8. The van der Waals surface area contributed by atoms with Crippen LogP contribution in [0.5, 0.6) is 0 Å². The second-order valence-electron chi connectivity index (χ2n) is 5.25. The molecule has 1 heterocycles. The predicted molar refractivity (Wildman–Crippen MR) is 70.1 cm³/mol. The van der Waals surface area contributed by atoms with Crippen LogP contribution in [0.1, 0.15) is 27.8 Å². The molecular formula is C13H20ClNO2. The van der Waals surface area contributed by atoms with E-state index in [0.29, 0.717) is 17.2 Å². The summed E-state index contributed by atoms with van der Waals surface area (Å²) < 4.78 is 5.67. The summed E-state index contributed by atoms with van der Waals surface area (Å²) in [5.41, 5.74) is 0.546. The van der Waals surface area contributed by atoms with Crippen molar-refractivity contribution in [2.24, 2.45) is 0 Å². The number of morpholine rings is 1. The lowest BCUT2D eigenvalue weighted by atomic mass is 9.93. The van der Waals surface area contributed by atoms with Gasteiger partial charge in [-0.3, -0.25) is 0 Å². The Morgan fingerprint density at radius 1 is 1.53 bits per heavy atom. The first-order valence-corrected chi connectivity index (χ1v) is 6.11. The van der Waals surface area contributed by atoms with Crippen molar-refractivity contribution in [2.45, 2.75) is 38.1 Å². The molecule has 1 aliphatic heterocycles. The lowest BCUT2D eigenvalue weighted by molar-refractivity contribution is -0.263. The number of aliphatic hydroxyl groups is 1. The van der Waals surface area contributed by atoms with Gasteiger partial charge in [0.05, 0.1) is 12.6 Å². The molecule has 2 atom stereocenters. The van der Waals surface area contributed by atoms with E-state index < -0.39 is 5.79 Å². The smallest absolute Gasteiger partial charge is 0.208 e. The molecule has 4 heteroatoms. The Hall–Kier alpha value is -0.610. The summed E-state index contributed by atoms with van der Waals surface area (Å²) in [4.78, 5) is 0. The summed E-state index contributed by atoms with van der Waals surface area (Å²) in [6, 6.07) is 6.94. The Labute approximate surface area is 108 Å². The van der Waals surface area contributed by atoms with E-state index in [4.69, 9.17) is 16.3 Å². The van der Waals surface area contributed by atoms with Crippen molar-refractivity contribution < 1.29 is 11.3 Å². The lowest BCUT2D eigenvalue weighted by Crippen LogP contribution is -2.63. The summed E-state index contributed by atoms with van der Waals surface area (Å²) in [5, 5.41) is 14.6. The van der Waals surface area contributed by atoms with Gasteiger partial charge in [-0.25, -0.2) is 0 Å². The molecule has 1 aliphatic rings. The van der Waals surface area contributed by atoms with Crippen LogP contribution in [0.25, 0.3) is 0 Å². The van der Waals surface area contributed by atoms with Crippen molar-refractivity contribution in [3.8, 4) is 0 Å². The Morgan fingerprint density at radius 2 is 2.24 bits per heavy atom. The zero-order valence-corrected chi connectivity index (χ0v) is 11.1. The predicted octanol–water partition coefficient (Wildman–Crippen LogP) is 2.52. The summed E-state index contributed by atoms with van der Waals surface area (Å²) in [6.07, 6.45) is 0. The molecule has 3 nitrogen and oxygen atoms in total. The van der Waals surface area contributed by atoms with Crippen molar-refractivity contribution in [1.29, 1.82) is 0 Å². The minimum atomic E-state index is -1.32. The van der Waals surface area contributed by atoms with Gasteiger partial charge in [-0.15, -0.1) is 0 Å². The molecule has 1 aromatic carbocycles. The largest absolute Gasteiger partial charge is 0.361 e. The molecule has 0 saturated carbocycles. The second kappa shape index (κ2) is 4.25. The number of hydrogen-bond acceptors (Lipinski definition) is 3. The molecule has 17 heavy (non-hydrogen) atoms. The number of nitrogens with one attached hydrogen (secondary N) is 1. The van der Waals surface area contributed by atoms with Gasteiger partial charge in [0.15, 0.2) is 0 Å². The third-order valence-electron chi connectivity index (χ3n) is 3.09. The van der Waals surface area contributed by atoms with Crippen LogP contribution >= 0.6 is 11.6 Å². The van der Waals surface area contributed by atoms with E-state index in [9.17, 15) is 5.11 Å². The van der Waals surface area contributed by atoms with E-state index in [0.717, 1.165) is 0 Å². The van der Waals surface area contributed by atoms with Crippen molar-refractivity contribution in [1.82, 2.24) is 5.32 Å². The van der Waals surface area contributed by atoms with E-state index in [2.05, 4.69) is 5.32 Å². The number of rotatable bonds is 1. The van der Waals surface area contributed by atoms with Crippen LogP contribution in [0.2, 0.25) is 5.02 Å². The number of halogens is 1. The molecule has 1 fully saturated rings. The second-order valence-corrected chi connectivity index (χ2v) is 5.68. The molecular weight excluding hydrogens is 238 g/mol. The molecule has 0 aliphatic carbocycles. The van der Waals surface area contributed by atoms with Gasteiger partial charge < -0.3 is 15.2 Å². The maximum absolute atomic E-state index is 10.6. The molecule has 0 aromatic heterocycles. The Kier molecular flexibility index (Phi) is 3.21. The molecule has 0 amide bonds. The highest BCUT2D eigenvalue weighted by Gasteiger charge is 2.44. The van der Waals surface area contributed by atoms with Gasteiger partial charge in [0.2, 0.25) is 5.79 Å². The Bertz CT molecular complexity index is 427. The van der Waals surface area contributed by atoms with Gasteiger partial charge >= 0.3 is 0 Å². The number of hydrogen-bond donors (Lipinski definition) is 2. The van der Waals surface area contributed by atoms with Gasteiger partial charge in [0.1, 0.15) is 0 Å². The molecule has 0 radical (unpaired) electrons. The maximum atomic E-state index is 10.6. The highest BCUT2D eigenvalue weighted by Crippen LogP contribution is 2.33. The average Bonchev–Trinajstić information content (AvgIpc) is 2.24. The van der Waals surface area contributed by atoms with Crippen LogP contribution in [0.15, 0.2) is 24.3 Å². The van der Waals surface area contributed by atoms with Crippen molar-refractivity contribution in [3.05, 3.63) is 34.9 Å². The molecule has 1 aromatic rings. The molecule has 0 bridgehead atoms. The third kappa shape index (κ3) is 2.47. The fraction of sp³-hybridized carbons (Fsp3) is 0.538. The van der Waals surface area contributed by atoms with Crippen LogP contribution < -0.4 is 5.32 Å². The van der Waals surface area contributed by atoms with Crippen molar-refractivity contribution in [2.75, 3.05) is 6.61 Å².